The number of aliphatic hydroxyl groups is 1. The second-order valence-electron chi connectivity index (χ2n) is 5.57. The normalized spacial score (nSPS) is 11.0. The topological polar surface area (TPSA) is 92.9 Å². The second kappa shape index (κ2) is 7.71. The Labute approximate surface area is 163 Å². The number of amides is 1. The number of hydrogen-bond donors (Lipinski definition) is 2. The van der Waals surface area contributed by atoms with E-state index in [1.54, 1.807) is 30.7 Å². The molecule has 0 aliphatic heterocycles. The first-order chi connectivity index (χ1) is 12.4. The van der Waals surface area contributed by atoms with Crippen molar-refractivity contribution in [3.8, 4) is 0 Å². The van der Waals surface area contributed by atoms with Gasteiger partial charge in [-0.2, -0.15) is 0 Å². The van der Waals surface area contributed by atoms with E-state index >= 15 is 0 Å². The summed E-state index contributed by atoms with van der Waals surface area (Å²) in [7, 11) is 0. The van der Waals surface area contributed by atoms with Gasteiger partial charge in [0.1, 0.15) is 0 Å². The van der Waals surface area contributed by atoms with Crippen molar-refractivity contribution >= 4 is 45.6 Å². The predicted molar refractivity (Wildman–Crippen MR) is 101 cm³/mol. The average Bonchev–Trinajstić information content (AvgIpc) is 3.13. The fourth-order valence-electron chi connectivity index (χ4n) is 2.32. The highest BCUT2D eigenvalue weighted by Crippen LogP contribution is 2.24. The van der Waals surface area contributed by atoms with Crippen molar-refractivity contribution in [2.24, 2.45) is 0 Å². The summed E-state index contributed by atoms with van der Waals surface area (Å²) >= 11 is 13.2. The van der Waals surface area contributed by atoms with Crippen LogP contribution >= 0.6 is 34.5 Å². The number of rotatable bonds is 5. The van der Waals surface area contributed by atoms with Gasteiger partial charge >= 0.3 is 0 Å². The number of aromatic nitrogens is 4. The first kappa shape index (κ1) is 18.8. The molecule has 0 unspecified atom stereocenters. The summed E-state index contributed by atoms with van der Waals surface area (Å²) in [6.07, 6.45) is 0. The van der Waals surface area contributed by atoms with Crippen molar-refractivity contribution in [1.29, 1.82) is 0 Å². The quantitative estimate of drug-likeness (QED) is 0.670. The zero-order valence-electron chi connectivity index (χ0n) is 14.0. The molecule has 26 heavy (non-hydrogen) atoms. The lowest BCUT2D eigenvalue weighted by Gasteiger charge is -2.05. The lowest BCUT2D eigenvalue weighted by atomic mass is 10.2. The van der Waals surface area contributed by atoms with Crippen molar-refractivity contribution < 1.29 is 9.90 Å². The zero-order valence-corrected chi connectivity index (χ0v) is 16.3. The van der Waals surface area contributed by atoms with Crippen molar-refractivity contribution in [3.05, 3.63) is 55.8 Å². The monoisotopic (exact) mass is 411 g/mol. The van der Waals surface area contributed by atoms with Crippen LogP contribution < -0.4 is 5.32 Å². The van der Waals surface area contributed by atoms with E-state index in [-0.39, 0.29) is 12.3 Å². The van der Waals surface area contributed by atoms with E-state index in [4.69, 9.17) is 23.2 Å². The van der Waals surface area contributed by atoms with Crippen molar-refractivity contribution in [1.82, 2.24) is 20.0 Å². The molecule has 10 heteroatoms. The van der Waals surface area contributed by atoms with E-state index in [2.05, 4.69) is 20.6 Å². The molecule has 0 saturated carbocycles. The molecule has 0 bridgehead atoms. The molecule has 3 aromatic rings. The van der Waals surface area contributed by atoms with Gasteiger partial charge in [-0.05, 0) is 31.5 Å². The highest BCUT2D eigenvalue weighted by molar-refractivity contribution is 7.15. The Morgan fingerprint density at radius 1 is 1.31 bits per heavy atom. The third-order valence-corrected chi connectivity index (χ3v) is 5.57. The number of aryl methyl sites for hydroxylation is 1. The van der Waals surface area contributed by atoms with E-state index in [1.165, 1.54) is 11.3 Å². The number of anilines is 1. The SMILES string of the molecule is Cc1nc(NC(=O)c2nnn(Cc3ccc(Cl)c(Cl)c3)c2C)sc1CO. The Bertz CT molecular complexity index is 970. The lowest BCUT2D eigenvalue weighted by molar-refractivity contribution is 0.102. The number of nitrogens with zero attached hydrogens (tertiary/aromatic N) is 4. The molecular formula is C16H15Cl2N5O2S. The minimum atomic E-state index is -0.402. The maximum Gasteiger partial charge on any atom is 0.279 e. The van der Waals surface area contributed by atoms with Gasteiger partial charge in [0.15, 0.2) is 10.8 Å². The molecule has 0 spiro atoms. The molecule has 0 aliphatic carbocycles. The van der Waals surface area contributed by atoms with Gasteiger partial charge < -0.3 is 5.11 Å². The molecule has 7 nitrogen and oxygen atoms in total. The molecule has 1 amide bonds. The summed E-state index contributed by atoms with van der Waals surface area (Å²) in [4.78, 5) is 17.4. The molecule has 1 aromatic carbocycles. The highest BCUT2D eigenvalue weighted by Gasteiger charge is 2.19. The summed E-state index contributed by atoms with van der Waals surface area (Å²) in [5.41, 5.74) is 2.41. The number of hydrogen-bond acceptors (Lipinski definition) is 6. The lowest BCUT2D eigenvalue weighted by Crippen LogP contribution is -2.14. The van der Waals surface area contributed by atoms with Crippen LogP contribution in [0.2, 0.25) is 10.0 Å². The van der Waals surface area contributed by atoms with Crippen molar-refractivity contribution in [2.75, 3.05) is 5.32 Å². The molecule has 0 fully saturated rings. The molecular weight excluding hydrogens is 397 g/mol. The summed E-state index contributed by atoms with van der Waals surface area (Å²) < 4.78 is 1.61. The van der Waals surface area contributed by atoms with Gasteiger partial charge in [-0.15, -0.1) is 5.10 Å². The Kier molecular flexibility index (Phi) is 5.57. The van der Waals surface area contributed by atoms with Crippen molar-refractivity contribution in [2.45, 2.75) is 27.0 Å². The van der Waals surface area contributed by atoms with Gasteiger partial charge in [-0.1, -0.05) is 45.8 Å². The largest absolute Gasteiger partial charge is 0.391 e. The van der Waals surface area contributed by atoms with Crippen molar-refractivity contribution in [3.63, 3.8) is 0 Å². The maximum atomic E-state index is 12.4. The maximum absolute atomic E-state index is 12.4. The minimum Gasteiger partial charge on any atom is -0.391 e. The number of halogens is 2. The standard InChI is InChI=1S/C16H15Cl2N5O2S/c1-8-13(7-24)26-16(19-8)20-15(25)14-9(2)23(22-21-14)6-10-3-4-11(17)12(18)5-10/h3-5,24H,6-7H2,1-2H3,(H,19,20,25). The van der Waals surface area contributed by atoms with E-state index in [0.717, 1.165) is 5.56 Å². The molecule has 0 radical (unpaired) electrons. The summed E-state index contributed by atoms with van der Waals surface area (Å²) in [6, 6.07) is 5.30. The van der Waals surface area contributed by atoms with Gasteiger partial charge in [0.05, 0.1) is 39.5 Å². The zero-order chi connectivity index (χ0) is 18.8. The van der Waals surface area contributed by atoms with Crippen LogP contribution in [0.15, 0.2) is 18.2 Å². The average molecular weight is 412 g/mol. The molecule has 2 N–H and O–H groups in total. The van der Waals surface area contributed by atoms with Crippen LogP contribution in [0.5, 0.6) is 0 Å². The Morgan fingerprint density at radius 2 is 2.08 bits per heavy atom. The molecule has 3 rings (SSSR count). The third-order valence-electron chi connectivity index (χ3n) is 3.77. The smallest absolute Gasteiger partial charge is 0.279 e. The van der Waals surface area contributed by atoms with Gasteiger partial charge in [0, 0.05) is 0 Å². The number of aliphatic hydroxyl groups excluding tert-OH is 1. The molecule has 136 valence electrons. The first-order valence-electron chi connectivity index (χ1n) is 7.61. The Hall–Kier alpha value is -2.00. The molecule has 0 atom stereocenters. The van der Waals surface area contributed by atoms with Crippen LogP contribution in [0.25, 0.3) is 0 Å². The van der Waals surface area contributed by atoms with Crippen LogP contribution in [0.3, 0.4) is 0 Å². The summed E-state index contributed by atoms with van der Waals surface area (Å²) in [5.74, 6) is -0.402. The Balaban J connectivity index is 1.76. The predicted octanol–water partition coefficient (Wildman–Crippen LogP) is 3.45. The van der Waals surface area contributed by atoms with E-state index in [9.17, 15) is 9.90 Å². The molecule has 0 aliphatic rings. The number of carbonyl (C=O) groups is 1. The van der Waals surface area contributed by atoms with Crippen LogP contribution in [0.1, 0.15) is 32.3 Å². The van der Waals surface area contributed by atoms with E-state index < -0.39 is 5.91 Å². The molecule has 2 aromatic heterocycles. The van der Waals surface area contributed by atoms with Crippen LogP contribution in [-0.4, -0.2) is 31.0 Å². The summed E-state index contributed by atoms with van der Waals surface area (Å²) in [5, 5.41) is 21.3. The number of thiazole rings is 1. The fraction of sp³-hybridized carbons (Fsp3) is 0.250. The fourth-order valence-corrected chi connectivity index (χ4v) is 3.45. The summed E-state index contributed by atoms with van der Waals surface area (Å²) in [6.45, 7) is 3.83. The van der Waals surface area contributed by atoms with Gasteiger partial charge in [0.25, 0.3) is 5.91 Å². The third kappa shape index (κ3) is 3.88. The number of nitrogens with one attached hydrogen (secondary N) is 1. The van der Waals surface area contributed by atoms with Gasteiger partial charge in [0.2, 0.25) is 0 Å². The highest BCUT2D eigenvalue weighted by atomic mass is 35.5. The van der Waals surface area contributed by atoms with Crippen LogP contribution in [0, 0.1) is 13.8 Å². The van der Waals surface area contributed by atoms with Gasteiger partial charge in [-0.3, -0.25) is 10.1 Å². The molecule has 2 heterocycles. The second-order valence-corrected chi connectivity index (χ2v) is 7.47. The molecule has 0 saturated heterocycles. The Morgan fingerprint density at radius 3 is 2.73 bits per heavy atom. The van der Waals surface area contributed by atoms with E-state index in [0.29, 0.717) is 38.0 Å². The number of benzene rings is 1. The number of carbonyl (C=O) groups excluding carboxylic acids is 1. The van der Waals surface area contributed by atoms with Crippen LogP contribution in [-0.2, 0) is 13.2 Å². The minimum absolute atomic E-state index is 0.113. The van der Waals surface area contributed by atoms with Crippen LogP contribution in [0.4, 0.5) is 5.13 Å². The van der Waals surface area contributed by atoms with Gasteiger partial charge in [-0.25, -0.2) is 9.67 Å². The first-order valence-corrected chi connectivity index (χ1v) is 9.18. The van der Waals surface area contributed by atoms with E-state index in [1.807, 2.05) is 6.07 Å².